The molecule has 3 aromatic carbocycles. The number of fused-ring (bicyclic) bond motifs is 1. The zero-order chi connectivity index (χ0) is 45.1. The summed E-state index contributed by atoms with van der Waals surface area (Å²) in [5.74, 6) is -5.04. The molecule has 3 fully saturated rings. The number of hydrogen-bond acceptors (Lipinski definition) is 9. The Morgan fingerprint density at radius 1 is 0.889 bits per heavy atom. The van der Waals surface area contributed by atoms with Crippen LogP contribution in [0, 0.1) is 6.92 Å². The third-order valence-corrected chi connectivity index (χ3v) is 12.8. The van der Waals surface area contributed by atoms with Gasteiger partial charge in [0.15, 0.2) is 0 Å². The largest absolute Gasteiger partial charge is 0.507 e. The number of carbonyl (C=O) groups excluding carboxylic acids is 3. The number of alkyl halides is 3. The maximum Gasteiger partial charge on any atom is 0.258 e. The number of piperidine rings is 3. The first-order valence-corrected chi connectivity index (χ1v) is 21.6. The molecule has 3 saturated heterocycles. The van der Waals surface area contributed by atoms with Crippen molar-refractivity contribution >= 4 is 40.0 Å². The monoisotopic (exact) mass is 869 g/mol. The molecule has 4 aromatic rings. The molecule has 3 aliphatic heterocycles. The van der Waals surface area contributed by atoms with Crippen molar-refractivity contribution in [2.24, 2.45) is 17.2 Å². The van der Waals surface area contributed by atoms with Crippen LogP contribution in [0.15, 0.2) is 90.5 Å². The summed E-state index contributed by atoms with van der Waals surface area (Å²) in [5.41, 5.74) is 20.8. The number of nitrogens with two attached hydrogens (primary N) is 3. The summed E-state index contributed by atoms with van der Waals surface area (Å²) in [6.45, 7) is 5.55. The van der Waals surface area contributed by atoms with Crippen LogP contribution >= 0.6 is 0 Å². The average molecular weight is 870 g/mol. The lowest BCUT2D eigenvalue weighted by molar-refractivity contribution is -0.119. The molecule has 3 amide bonds. The van der Waals surface area contributed by atoms with E-state index >= 15 is 13.2 Å². The first-order valence-electron chi connectivity index (χ1n) is 21.6. The fraction of sp³-hybridized carbons (Fsp3) is 0.426. The van der Waals surface area contributed by atoms with E-state index in [0.29, 0.717) is 34.5 Å². The van der Waals surface area contributed by atoms with Gasteiger partial charge in [0.05, 0.1) is 11.6 Å². The van der Waals surface area contributed by atoms with Crippen molar-refractivity contribution in [1.82, 2.24) is 24.6 Å². The number of rotatable bonds is 12. The zero-order valence-electron chi connectivity index (χ0n) is 35.9. The first kappa shape index (κ1) is 44.9. The van der Waals surface area contributed by atoms with Gasteiger partial charge in [-0.2, -0.15) is 0 Å². The van der Waals surface area contributed by atoms with Crippen LogP contribution in [0.2, 0.25) is 0 Å². The normalized spacial score (nSPS) is 19.4. The van der Waals surface area contributed by atoms with Crippen LogP contribution in [0.4, 0.5) is 18.9 Å². The number of aryl methyl sites for hydroxylation is 1. The van der Waals surface area contributed by atoms with Crippen molar-refractivity contribution in [3.63, 3.8) is 0 Å². The summed E-state index contributed by atoms with van der Waals surface area (Å²) < 4.78 is 49.9. The summed E-state index contributed by atoms with van der Waals surface area (Å²) in [6, 6.07) is 19.4. The Labute approximate surface area is 365 Å². The van der Waals surface area contributed by atoms with Crippen molar-refractivity contribution in [2.45, 2.75) is 75.9 Å². The maximum absolute atomic E-state index is 16.4. The molecule has 4 heterocycles. The van der Waals surface area contributed by atoms with Crippen LogP contribution in [0.25, 0.3) is 16.6 Å². The van der Waals surface area contributed by atoms with Crippen LogP contribution in [0.5, 0.6) is 5.75 Å². The molecule has 336 valence electrons. The number of nitrogens with zero attached hydrogens (tertiary/aromatic N) is 4. The van der Waals surface area contributed by atoms with Gasteiger partial charge in [-0.3, -0.25) is 14.4 Å². The van der Waals surface area contributed by atoms with E-state index in [-0.39, 0.29) is 98.7 Å². The number of likely N-dealkylation sites (tertiary alicyclic amines) is 3. The molecule has 1 aromatic heterocycles. The molecule has 1 atom stereocenters. The van der Waals surface area contributed by atoms with Crippen molar-refractivity contribution in [3.05, 3.63) is 113 Å². The summed E-state index contributed by atoms with van der Waals surface area (Å²) in [5, 5.41) is 16.8. The number of phenolic OH excluding ortho intramolecular Hbond substituents is 1. The van der Waals surface area contributed by atoms with Gasteiger partial charge in [0.1, 0.15) is 17.2 Å². The van der Waals surface area contributed by atoms with E-state index in [1.54, 1.807) is 53.1 Å². The number of nitrogens with one attached hydrogen (secondary N) is 2. The SMILES string of the molecule is CC(=O)NCCC(=O)Nc1ccc2c(ccn2C2CCN(CC3(F)CCN(C(=O)c4ccc(C5CN(C(/C=C(\N)c6ccccc6O)=C(N)N)CCC5(F)F)c(C)c4)CC3)CC2)c1. The number of amides is 3. The minimum Gasteiger partial charge on any atom is -0.507 e. The van der Waals surface area contributed by atoms with E-state index < -0.39 is 23.9 Å². The number of benzene rings is 3. The van der Waals surface area contributed by atoms with E-state index in [1.807, 2.05) is 24.3 Å². The van der Waals surface area contributed by atoms with Gasteiger partial charge in [-0.25, -0.2) is 13.2 Å². The smallest absolute Gasteiger partial charge is 0.258 e. The van der Waals surface area contributed by atoms with Crippen LogP contribution in [0.1, 0.15) is 84.5 Å². The second kappa shape index (κ2) is 18.7. The Morgan fingerprint density at radius 2 is 1.60 bits per heavy atom. The number of aromatic hydroxyl groups is 1. The number of halogens is 3. The summed E-state index contributed by atoms with van der Waals surface area (Å²) in [6.07, 6.45) is 5.40. The molecule has 7 rings (SSSR count). The standard InChI is InChI=1S/C47H58F3N9O4/c1-30-25-33(7-9-36(30)38-28-58(24-17-47(38,49)50)41(44(52)53)27-39(51)37-5-3-4-6-42(37)61)45(63)57-22-15-46(48,16-23-57)29-56-19-13-35(14-20-56)59-21-12-32-26-34(8-10-40(32)59)55-43(62)11-18-54-31(2)60/h3-10,12,21,25-27,35,38,61H,11,13-20,22-24,28-29,51-53H2,1-2H3,(H,54,60)(H,55,62)/b39-27-. The van der Waals surface area contributed by atoms with E-state index in [2.05, 4.69) is 26.3 Å². The highest BCUT2D eigenvalue weighted by atomic mass is 19.3. The fourth-order valence-electron chi connectivity index (χ4n) is 9.29. The van der Waals surface area contributed by atoms with Gasteiger partial charge in [0, 0.05) is 131 Å². The number of phenols is 1. The summed E-state index contributed by atoms with van der Waals surface area (Å²) in [4.78, 5) is 42.6. The van der Waals surface area contributed by atoms with Crippen LogP contribution in [0.3, 0.4) is 0 Å². The van der Waals surface area contributed by atoms with Crippen LogP contribution in [-0.2, 0) is 9.59 Å². The minimum atomic E-state index is -3.05. The number of allylic oxidation sites excluding steroid dienone is 1. The second-order valence-electron chi connectivity index (χ2n) is 17.3. The van der Waals surface area contributed by atoms with E-state index in [9.17, 15) is 19.5 Å². The summed E-state index contributed by atoms with van der Waals surface area (Å²) in [7, 11) is 0. The number of anilines is 1. The Balaban J connectivity index is 0.917. The third kappa shape index (κ3) is 10.4. The maximum atomic E-state index is 16.4. The molecular weight excluding hydrogens is 812 g/mol. The molecule has 0 saturated carbocycles. The Bertz CT molecular complexity index is 2400. The molecule has 0 aliphatic carbocycles. The van der Waals surface area contributed by atoms with Gasteiger partial charge in [0.2, 0.25) is 11.8 Å². The quantitative estimate of drug-likeness (QED) is 0.0942. The van der Waals surface area contributed by atoms with Gasteiger partial charge in [0.25, 0.3) is 11.8 Å². The lowest BCUT2D eigenvalue weighted by atomic mass is 9.83. The van der Waals surface area contributed by atoms with E-state index in [0.717, 1.165) is 36.8 Å². The molecule has 13 nitrogen and oxygen atoms in total. The van der Waals surface area contributed by atoms with Gasteiger partial charge in [-0.15, -0.1) is 0 Å². The highest BCUT2D eigenvalue weighted by Gasteiger charge is 2.46. The Kier molecular flexibility index (Phi) is 13.3. The van der Waals surface area contributed by atoms with E-state index in [1.165, 1.54) is 19.1 Å². The van der Waals surface area contributed by atoms with Crippen molar-refractivity contribution in [3.8, 4) is 5.75 Å². The van der Waals surface area contributed by atoms with Crippen molar-refractivity contribution < 1.29 is 32.7 Å². The highest BCUT2D eigenvalue weighted by molar-refractivity contribution is 5.95. The topological polar surface area (TPSA) is 188 Å². The number of aromatic nitrogens is 1. The lowest BCUT2D eigenvalue weighted by Gasteiger charge is -2.41. The molecule has 0 spiro atoms. The predicted octanol–water partition coefficient (Wildman–Crippen LogP) is 5.91. The molecule has 9 N–H and O–H groups in total. The van der Waals surface area contributed by atoms with Crippen LogP contribution in [-0.4, -0.2) is 106 Å². The van der Waals surface area contributed by atoms with E-state index in [4.69, 9.17) is 17.2 Å². The fourth-order valence-corrected chi connectivity index (χ4v) is 9.29. The van der Waals surface area contributed by atoms with Gasteiger partial charge < -0.3 is 52.2 Å². The van der Waals surface area contributed by atoms with Crippen LogP contribution < -0.4 is 27.8 Å². The molecule has 63 heavy (non-hydrogen) atoms. The van der Waals surface area contributed by atoms with Gasteiger partial charge in [-0.1, -0.05) is 18.2 Å². The number of hydrogen-bond donors (Lipinski definition) is 6. The first-order chi connectivity index (χ1) is 30.0. The Hall–Kier alpha value is -6.16. The van der Waals surface area contributed by atoms with Crippen molar-refractivity contribution in [2.75, 3.05) is 57.7 Å². The second-order valence-corrected chi connectivity index (χ2v) is 17.3. The molecular formula is C47H58F3N9O4. The third-order valence-electron chi connectivity index (χ3n) is 12.8. The van der Waals surface area contributed by atoms with Crippen molar-refractivity contribution in [1.29, 1.82) is 0 Å². The minimum absolute atomic E-state index is 0.0262. The van der Waals surface area contributed by atoms with Gasteiger partial charge >= 0.3 is 0 Å². The molecule has 0 bridgehead atoms. The Morgan fingerprint density at radius 3 is 2.29 bits per heavy atom. The average Bonchev–Trinajstić information content (AvgIpc) is 3.66. The summed E-state index contributed by atoms with van der Waals surface area (Å²) >= 11 is 0. The zero-order valence-corrected chi connectivity index (χ0v) is 35.9. The van der Waals surface area contributed by atoms with Gasteiger partial charge in [-0.05, 0) is 85.5 Å². The molecule has 0 radical (unpaired) electrons. The predicted molar refractivity (Wildman–Crippen MR) is 238 cm³/mol. The molecule has 1 unspecified atom stereocenters. The number of para-hydroxylation sites is 1. The lowest BCUT2D eigenvalue weighted by Crippen LogP contribution is -2.51. The molecule has 3 aliphatic rings. The molecule has 16 heteroatoms. The highest BCUT2D eigenvalue weighted by Crippen LogP contribution is 2.43. The number of carbonyl (C=O) groups is 3.